The van der Waals surface area contributed by atoms with Crippen molar-refractivity contribution in [2.45, 2.75) is 39.5 Å². The topological polar surface area (TPSA) is 59.6 Å². The number of rotatable bonds is 6. The minimum absolute atomic E-state index is 0. The summed E-state index contributed by atoms with van der Waals surface area (Å²) < 4.78 is 29.8. The summed E-state index contributed by atoms with van der Waals surface area (Å²) in [5, 5.41) is 3.00. The Hall–Kier alpha value is -0.640. The van der Waals surface area contributed by atoms with Crippen LogP contribution in [0.3, 0.4) is 0 Å². The van der Waals surface area contributed by atoms with Crippen molar-refractivity contribution >= 4 is 45.9 Å². The number of nitrogens with two attached hydrogens (primary N) is 1. The lowest BCUT2D eigenvalue weighted by atomic mass is 10.2. The molecule has 0 aliphatic carbocycles. The molecule has 1 unspecified atom stereocenters. The van der Waals surface area contributed by atoms with E-state index in [1.54, 1.807) is 12.1 Å². The maximum Gasteiger partial charge on any atom is 0.387 e. The Bertz CT molecular complexity index is 475. The van der Waals surface area contributed by atoms with Gasteiger partial charge in [-0.1, -0.05) is 22.9 Å². The normalized spacial score (nSPS) is 12.8. The molecule has 0 radical (unpaired) electrons. The van der Waals surface area contributed by atoms with Crippen LogP contribution in [0, 0.1) is 0 Å². The van der Waals surface area contributed by atoms with Crippen LogP contribution in [0.25, 0.3) is 0 Å². The third kappa shape index (κ3) is 7.79. The highest BCUT2D eigenvalue weighted by Gasteiger charge is 2.10. The molecule has 1 aromatic carbocycles. The average molecular weight is 478 g/mol. The fourth-order valence-corrected chi connectivity index (χ4v) is 1.86. The molecule has 0 spiro atoms. The number of alkyl halides is 2. The second kappa shape index (κ2) is 10.1. The Labute approximate surface area is 148 Å². The first-order valence-corrected chi connectivity index (χ1v) is 7.01. The number of hydrogen-bond donors (Lipinski definition) is 2. The summed E-state index contributed by atoms with van der Waals surface area (Å²) in [7, 11) is 0. The van der Waals surface area contributed by atoms with Crippen LogP contribution in [-0.4, -0.2) is 18.6 Å². The van der Waals surface area contributed by atoms with Crippen molar-refractivity contribution in [2.75, 3.05) is 0 Å². The van der Waals surface area contributed by atoms with Gasteiger partial charge in [0.25, 0.3) is 0 Å². The molecule has 0 aliphatic heterocycles. The fraction of sp³-hybridized carbons (Fsp3) is 0.462. The van der Waals surface area contributed by atoms with Crippen molar-refractivity contribution in [3.63, 3.8) is 0 Å². The van der Waals surface area contributed by atoms with Gasteiger partial charge in [-0.15, -0.1) is 24.0 Å². The van der Waals surface area contributed by atoms with Crippen LogP contribution in [0.15, 0.2) is 27.7 Å². The summed E-state index contributed by atoms with van der Waals surface area (Å²) in [6.07, 6.45) is 0.910. The molecule has 1 atom stereocenters. The molecule has 120 valence electrons. The standard InChI is InChI=1S/C13H18BrF2N3O.HI/c1-3-8(2)19-13(17)18-7-9-6-10(14)4-5-11(9)20-12(15)16;/h4-6,8,12H,3,7H2,1-2H3,(H3,17,18,19);1H. The number of aliphatic imine (C=N–C) groups is 1. The van der Waals surface area contributed by atoms with Gasteiger partial charge in [0.05, 0.1) is 6.54 Å². The fourth-order valence-electron chi connectivity index (χ4n) is 1.45. The van der Waals surface area contributed by atoms with Gasteiger partial charge in [0.2, 0.25) is 0 Å². The van der Waals surface area contributed by atoms with Gasteiger partial charge >= 0.3 is 6.61 Å². The second-order valence-electron chi connectivity index (χ2n) is 4.29. The number of guanidine groups is 1. The molecule has 0 saturated heterocycles. The van der Waals surface area contributed by atoms with Crippen LogP contribution in [0.1, 0.15) is 25.8 Å². The SMILES string of the molecule is CCC(C)NC(N)=NCc1cc(Br)ccc1OC(F)F.I. The van der Waals surface area contributed by atoms with Crippen molar-refractivity contribution < 1.29 is 13.5 Å². The van der Waals surface area contributed by atoms with E-state index < -0.39 is 6.61 Å². The van der Waals surface area contributed by atoms with Gasteiger partial charge in [-0.25, -0.2) is 4.99 Å². The zero-order valence-corrected chi connectivity index (χ0v) is 15.7. The summed E-state index contributed by atoms with van der Waals surface area (Å²) in [6, 6.07) is 4.99. The summed E-state index contributed by atoms with van der Waals surface area (Å²) >= 11 is 3.28. The molecule has 0 amide bonds. The van der Waals surface area contributed by atoms with E-state index in [0.29, 0.717) is 5.56 Å². The van der Waals surface area contributed by atoms with Gasteiger partial charge in [-0.2, -0.15) is 8.78 Å². The van der Waals surface area contributed by atoms with Gasteiger partial charge in [0.1, 0.15) is 5.75 Å². The minimum Gasteiger partial charge on any atom is -0.434 e. The van der Waals surface area contributed by atoms with E-state index in [1.165, 1.54) is 6.07 Å². The van der Waals surface area contributed by atoms with Crippen LogP contribution in [0.2, 0.25) is 0 Å². The third-order valence-corrected chi connectivity index (χ3v) is 3.16. The molecular formula is C13H19BrF2IN3O. The molecule has 0 fully saturated rings. The molecule has 8 heteroatoms. The van der Waals surface area contributed by atoms with Crippen LogP contribution < -0.4 is 15.8 Å². The molecule has 0 heterocycles. The zero-order valence-electron chi connectivity index (χ0n) is 11.8. The van der Waals surface area contributed by atoms with Gasteiger partial charge in [0.15, 0.2) is 5.96 Å². The Balaban J connectivity index is 0.00000400. The Morgan fingerprint density at radius 1 is 1.48 bits per heavy atom. The first-order valence-electron chi connectivity index (χ1n) is 6.22. The molecule has 1 rings (SSSR count). The molecule has 0 bridgehead atoms. The Kier molecular flexibility index (Phi) is 9.84. The van der Waals surface area contributed by atoms with Crippen LogP contribution >= 0.6 is 39.9 Å². The summed E-state index contributed by atoms with van der Waals surface area (Å²) in [5.41, 5.74) is 6.26. The number of nitrogens with one attached hydrogen (secondary N) is 1. The number of ether oxygens (including phenoxy) is 1. The number of nitrogens with zero attached hydrogens (tertiary/aromatic N) is 1. The van der Waals surface area contributed by atoms with E-state index >= 15 is 0 Å². The highest BCUT2D eigenvalue weighted by molar-refractivity contribution is 14.0. The number of benzene rings is 1. The van der Waals surface area contributed by atoms with Crippen molar-refractivity contribution in [3.05, 3.63) is 28.2 Å². The van der Waals surface area contributed by atoms with Crippen molar-refractivity contribution in [3.8, 4) is 5.75 Å². The number of hydrogen-bond acceptors (Lipinski definition) is 2. The molecule has 0 aromatic heterocycles. The van der Waals surface area contributed by atoms with Crippen LogP contribution in [-0.2, 0) is 6.54 Å². The van der Waals surface area contributed by atoms with Crippen LogP contribution in [0.4, 0.5) is 8.78 Å². The lowest BCUT2D eigenvalue weighted by molar-refractivity contribution is -0.0504. The molecule has 4 nitrogen and oxygen atoms in total. The highest BCUT2D eigenvalue weighted by Crippen LogP contribution is 2.25. The number of halogens is 4. The molecule has 1 aromatic rings. The summed E-state index contributed by atoms with van der Waals surface area (Å²) in [5.74, 6) is 0.380. The monoisotopic (exact) mass is 477 g/mol. The maximum absolute atomic E-state index is 12.3. The Morgan fingerprint density at radius 2 is 2.14 bits per heavy atom. The van der Waals surface area contributed by atoms with Crippen LogP contribution in [0.5, 0.6) is 5.75 Å². The van der Waals surface area contributed by atoms with E-state index in [0.717, 1.165) is 10.9 Å². The second-order valence-corrected chi connectivity index (χ2v) is 5.20. The van der Waals surface area contributed by atoms with E-state index in [2.05, 4.69) is 31.0 Å². The van der Waals surface area contributed by atoms with E-state index in [1.807, 2.05) is 13.8 Å². The van der Waals surface area contributed by atoms with E-state index in [-0.39, 0.29) is 48.3 Å². The van der Waals surface area contributed by atoms with E-state index in [9.17, 15) is 8.78 Å². The molecule has 0 aliphatic rings. The zero-order chi connectivity index (χ0) is 15.1. The first kappa shape index (κ1) is 20.4. The van der Waals surface area contributed by atoms with Gasteiger partial charge < -0.3 is 15.8 Å². The predicted octanol–water partition coefficient (Wildman–Crippen LogP) is 3.87. The lowest BCUT2D eigenvalue weighted by Crippen LogP contribution is -2.38. The average Bonchev–Trinajstić information content (AvgIpc) is 2.38. The Morgan fingerprint density at radius 3 is 2.71 bits per heavy atom. The van der Waals surface area contributed by atoms with Gasteiger partial charge in [-0.3, -0.25) is 0 Å². The molecule has 0 saturated carbocycles. The smallest absolute Gasteiger partial charge is 0.387 e. The minimum atomic E-state index is -2.87. The molecule has 3 N–H and O–H groups in total. The quantitative estimate of drug-likeness (QED) is 0.371. The highest BCUT2D eigenvalue weighted by atomic mass is 127. The van der Waals surface area contributed by atoms with Crippen molar-refractivity contribution in [1.82, 2.24) is 5.32 Å². The van der Waals surface area contributed by atoms with Crippen molar-refractivity contribution in [1.29, 1.82) is 0 Å². The lowest BCUT2D eigenvalue weighted by Gasteiger charge is -2.13. The summed E-state index contributed by atoms with van der Waals surface area (Å²) in [6.45, 7) is 1.30. The first-order chi connectivity index (χ1) is 9.42. The molecular weight excluding hydrogens is 459 g/mol. The third-order valence-electron chi connectivity index (χ3n) is 2.66. The maximum atomic E-state index is 12.3. The van der Waals surface area contributed by atoms with Gasteiger partial charge in [0, 0.05) is 16.1 Å². The predicted molar refractivity (Wildman–Crippen MR) is 94.4 cm³/mol. The largest absolute Gasteiger partial charge is 0.434 e. The summed E-state index contributed by atoms with van der Waals surface area (Å²) in [4.78, 5) is 4.13. The molecule has 21 heavy (non-hydrogen) atoms. The van der Waals surface area contributed by atoms with Gasteiger partial charge in [-0.05, 0) is 31.5 Å². The van der Waals surface area contributed by atoms with E-state index in [4.69, 9.17) is 5.73 Å². The van der Waals surface area contributed by atoms with Crippen molar-refractivity contribution in [2.24, 2.45) is 10.7 Å².